The maximum atomic E-state index is 13.7. The molecule has 11 heteroatoms. The van der Waals surface area contributed by atoms with Crippen LogP contribution < -0.4 is 10.4 Å². The zero-order valence-corrected chi connectivity index (χ0v) is 21.3. The number of piperidine rings is 1. The predicted octanol–water partition coefficient (Wildman–Crippen LogP) is 2.52. The number of nitrogens with zero attached hydrogens (tertiary/aromatic N) is 3. The van der Waals surface area contributed by atoms with Crippen LogP contribution in [0.1, 0.15) is 18.4 Å². The average molecular weight is 532 g/mol. The first-order valence-corrected chi connectivity index (χ1v) is 12.4. The Morgan fingerprint density at radius 3 is 1.91 bits per heavy atom. The van der Waals surface area contributed by atoms with Gasteiger partial charge in [0.1, 0.15) is 0 Å². The molecule has 4 rings (SSSR count). The molecule has 2 fully saturated rings. The molecule has 1 amide bonds. The number of piperazine rings is 1. The molecule has 2 aromatic carbocycles. The summed E-state index contributed by atoms with van der Waals surface area (Å²) in [6, 6.07) is 19.9. The highest BCUT2D eigenvalue weighted by Crippen LogP contribution is 2.35. The summed E-state index contributed by atoms with van der Waals surface area (Å²) in [4.78, 5) is 17.0. The Hall–Kier alpha value is -1.88. The number of hydrogen-bond acceptors (Lipinski definition) is 6. The maximum absolute atomic E-state index is 13.7. The maximum Gasteiger partial charge on any atom is 0.266 e. The highest BCUT2D eigenvalue weighted by Gasteiger charge is 2.55. The Balaban J connectivity index is 0.00000204. The van der Waals surface area contributed by atoms with Gasteiger partial charge in [-0.3, -0.25) is 14.9 Å². The van der Waals surface area contributed by atoms with Gasteiger partial charge in [-0.2, -0.15) is 4.31 Å². The van der Waals surface area contributed by atoms with E-state index in [9.17, 15) is 18.4 Å². The Kier molecular flexibility index (Phi) is 10.2. The van der Waals surface area contributed by atoms with Crippen LogP contribution in [0.2, 0.25) is 0 Å². The lowest BCUT2D eigenvalue weighted by molar-refractivity contribution is -0.133. The lowest BCUT2D eigenvalue weighted by Gasteiger charge is -2.44. The van der Waals surface area contributed by atoms with E-state index < -0.39 is 20.7 Å². The van der Waals surface area contributed by atoms with Gasteiger partial charge < -0.3 is 4.90 Å². The van der Waals surface area contributed by atoms with Crippen molar-refractivity contribution in [1.29, 1.82) is 0 Å². The summed E-state index contributed by atoms with van der Waals surface area (Å²) in [7, 11) is -3.95. The van der Waals surface area contributed by atoms with Crippen molar-refractivity contribution >= 4 is 46.4 Å². The van der Waals surface area contributed by atoms with Gasteiger partial charge in [0.15, 0.2) is 4.75 Å². The second-order valence-electron chi connectivity index (χ2n) is 8.42. The summed E-state index contributed by atoms with van der Waals surface area (Å²) < 4.78 is 27.2. The first-order chi connectivity index (χ1) is 15.5. The fourth-order valence-corrected chi connectivity index (χ4v) is 6.81. The molecular formula is C23H32Cl2N4O4S. The minimum Gasteiger partial charge on any atom is -0.369 e. The number of likely N-dealkylation sites (tertiary alicyclic amines) is 1. The van der Waals surface area contributed by atoms with Crippen molar-refractivity contribution < 1.29 is 18.4 Å². The Bertz CT molecular complexity index is 1010. The molecule has 0 atom stereocenters. The molecule has 0 bridgehead atoms. The van der Waals surface area contributed by atoms with Crippen molar-refractivity contribution in [3.8, 4) is 0 Å². The van der Waals surface area contributed by atoms with Gasteiger partial charge in [0, 0.05) is 51.5 Å². The van der Waals surface area contributed by atoms with Gasteiger partial charge in [-0.05, 0) is 30.5 Å². The Labute approximate surface area is 213 Å². The number of sulfonamides is 1. The van der Waals surface area contributed by atoms with Gasteiger partial charge in [0.05, 0.1) is 0 Å². The van der Waals surface area contributed by atoms with Crippen LogP contribution in [-0.2, 0) is 21.4 Å². The van der Waals surface area contributed by atoms with Crippen molar-refractivity contribution in [2.24, 2.45) is 0 Å². The van der Waals surface area contributed by atoms with E-state index in [1.165, 1.54) is 4.31 Å². The number of para-hydroxylation sites is 1. The predicted molar refractivity (Wildman–Crippen MR) is 137 cm³/mol. The number of halogens is 2. The van der Waals surface area contributed by atoms with Gasteiger partial charge >= 0.3 is 0 Å². The molecular weight excluding hydrogens is 499 g/mol. The fourth-order valence-electron chi connectivity index (χ4n) is 4.69. The van der Waals surface area contributed by atoms with E-state index in [0.717, 1.165) is 11.3 Å². The number of carbonyl (C=O) groups excluding carboxylic acids is 1. The van der Waals surface area contributed by atoms with Crippen molar-refractivity contribution in [2.45, 2.75) is 24.1 Å². The molecule has 2 heterocycles. The first kappa shape index (κ1) is 28.4. The number of amides is 1. The second-order valence-corrected chi connectivity index (χ2v) is 10.7. The average Bonchev–Trinajstić information content (AvgIpc) is 2.85. The number of hydroxylamine groups is 1. The molecule has 188 valence electrons. The molecule has 2 aliphatic rings. The summed E-state index contributed by atoms with van der Waals surface area (Å²) in [5.41, 5.74) is 3.85. The molecule has 0 aliphatic carbocycles. The summed E-state index contributed by atoms with van der Waals surface area (Å²) >= 11 is 0. The molecule has 2 aliphatic heterocycles. The van der Waals surface area contributed by atoms with Crippen LogP contribution in [0.5, 0.6) is 0 Å². The Morgan fingerprint density at radius 1 is 0.853 bits per heavy atom. The highest BCUT2D eigenvalue weighted by molar-refractivity contribution is 7.91. The molecule has 0 aromatic heterocycles. The van der Waals surface area contributed by atoms with E-state index in [1.54, 1.807) is 5.48 Å². The normalized spacial score (nSPS) is 18.9. The Morgan fingerprint density at radius 2 is 1.38 bits per heavy atom. The molecule has 34 heavy (non-hydrogen) atoms. The standard InChI is InChI=1S/C23H30N4O4S.2ClH/c28-22(24-29)23(11-13-25(14-12-23)19-20-7-3-1-4-8-20)32(30,31)27-17-15-26(16-18-27)21-9-5-2-6-10-21;;/h1-10,29H,11-19H2,(H,24,28);2*1H. The van der Waals surface area contributed by atoms with Crippen molar-refractivity contribution in [2.75, 3.05) is 44.2 Å². The van der Waals surface area contributed by atoms with Crippen LogP contribution >= 0.6 is 24.8 Å². The highest BCUT2D eigenvalue weighted by atomic mass is 35.5. The third-order valence-corrected chi connectivity index (χ3v) is 9.25. The summed E-state index contributed by atoms with van der Waals surface area (Å²) in [6.45, 7) is 3.36. The molecule has 2 saturated heterocycles. The fraction of sp³-hybridized carbons (Fsp3) is 0.435. The summed E-state index contributed by atoms with van der Waals surface area (Å²) in [5.74, 6) is -0.831. The topological polar surface area (TPSA) is 93.2 Å². The van der Waals surface area contributed by atoms with Crippen molar-refractivity contribution in [3.05, 3.63) is 66.2 Å². The van der Waals surface area contributed by atoms with E-state index in [1.807, 2.05) is 60.7 Å². The van der Waals surface area contributed by atoms with E-state index in [-0.39, 0.29) is 37.7 Å². The van der Waals surface area contributed by atoms with Crippen LogP contribution in [0.15, 0.2) is 60.7 Å². The number of rotatable bonds is 6. The van der Waals surface area contributed by atoms with Gasteiger partial charge in [-0.25, -0.2) is 13.9 Å². The van der Waals surface area contributed by atoms with Crippen molar-refractivity contribution in [3.63, 3.8) is 0 Å². The quantitative estimate of drug-likeness (QED) is 0.440. The largest absolute Gasteiger partial charge is 0.369 e. The minimum absolute atomic E-state index is 0. The number of hydrogen-bond donors (Lipinski definition) is 2. The number of anilines is 1. The van der Waals surface area contributed by atoms with E-state index >= 15 is 0 Å². The zero-order chi connectivity index (χ0) is 22.6. The smallest absolute Gasteiger partial charge is 0.266 e. The minimum atomic E-state index is -3.95. The lowest BCUT2D eigenvalue weighted by Crippen LogP contribution is -2.63. The van der Waals surface area contributed by atoms with E-state index in [4.69, 9.17) is 0 Å². The molecule has 0 radical (unpaired) electrons. The van der Waals surface area contributed by atoms with E-state index in [2.05, 4.69) is 9.80 Å². The monoisotopic (exact) mass is 530 g/mol. The van der Waals surface area contributed by atoms with Crippen LogP contribution in [-0.4, -0.2) is 72.8 Å². The molecule has 2 N–H and O–H groups in total. The number of nitrogens with one attached hydrogen (secondary N) is 1. The van der Waals surface area contributed by atoms with Crippen LogP contribution in [0, 0.1) is 0 Å². The third-order valence-electron chi connectivity index (χ3n) is 6.62. The molecule has 8 nitrogen and oxygen atoms in total. The lowest BCUT2D eigenvalue weighted by atomic mass is 9.94. The summed E-state index contributed by atoms with van der Waals surface area (Å²) in [6.07, 6.45) is 0.293. The molecule has 0 saturated carbocycles. The van der Waals surface area contributed by atoms with Gasteiger partial charge in [0.2, 0.25) is 10.0 Å². The zero-order valence-electron chi connectivity index (χ0n) is 18.9. The molecule has 0 spiro atoms. The molecule has 0 unspecified atom stereocenters. The SMILES string of the molecule is Cl.Cl.O=C(NO)C1(S(=O)(=O)N2CCN(c3ccccc3)CC2)CCN(Cc2ccccc2)CC1. The van der Waals surface area contributed by atoms with Gasteiger partial charge in [-0.15, -0.1) is 24.8 Å². The first-order valence-electron chi connectivity index (χ1n) is 11.0. The number of carbonyl (C=O) groups is 1. The van der Waals surface area contributed by atoms with E-state index in [0.29, 0.717) is 45.8 Å². The van der Waals surface area contributed by atoms with Crippen molar-refractivity contribution in [1.82, 2.24) is 14.7 Å². The second kappa shape index (κ2) is 12.2. The molecule has 2 aromatic rings. The third kappa shape index (κ3) is 5.67. The van der Waals surface area contributed by atoms with Crippen LogP contribution in [0.25, 0.3) is 0 Å². The number of benzene rings is 2. The van der Waals surface area contributed by atoms with Crippen LogP contribution in [0.4, 0.5) is 5.69 Å². The summed E-state index contributed by atoms with van der Waals surface area (Å²) in [5, 5.41) is 9.40. The van der Waals surface area contributed by atoms with Crippen LogP contribution in [0.3, 0.4) is 0 Å². The van der Waals surface area contributed by atoms with Gasteiger partial charge in [-0.1, -0.05) is 48.5 Å². The van der Waals surface area contributed by atoms with Gasteiger partial charge in [0.25, 0.3) is 5.91 Å².